The summed E-state index contributed by atoms with van der Waals surface area (Å²) in [5, 5.41) is 2.93. The van der Waals surface area contributed by atoms with Crippen molar-refractivity contribution in [2.45, 2.75) is 33.2 Å². The molecular weight excluding hydrogens is 336 g/mol. The number of para-hydroxylation sites is 1. The van der Waals surface area contributed by atoms with E-state index in [2.05, 4.69) is 39.2 Å². The van der Waals surface area contributed by atoms with Gasteiger partial charge in [-0.05, 0) is 68.1 Å². The average Bonchev–Trinajstić information content (AvgIpc) is 3.00. The van der Waals surface area contributed by atoms with Crippen LogP contribution in [0.1, 0.15) is 34.1 Å². The zero-order valence-corrected chi connectivity index (χ0v) is 15.7. The molecule has 0 spiro atoms. The molecular formula is C22H22N4O. The molecule has 1 N–H and O–H groups in total. The van der Waals surface area contributed by atoms with Crippen molar-refractivity contribution in [2.24, 2.45) is 0 Å². The van der Waals surface area contributed by atoms with E-state index in [0.717, 1.165) is 23.4 Å². The number of aromatic nitrogens is 2. The fraction of sp³-hybridized carbons (Fsp3) is 0.227. The first-order valence-corrected chi connectivity index (χ1v) is 9.12. The van der Waals surface area contributed by atoms with Crippen molar-refractivity contribution in [3.63, 3.8) is 0 Å². The summed E-state index contributed by atoms with van der Waals surface area (Å²) in [6, 6.07) is 16.0. The monoisotopic (exact) mass is 358 g/mol. The van der Waals surface area contributed by atoms with Crippen LogP contribution in [0.3, 0.4) is 0 Å². The maximum atomic E-state index is 12.7. The van der Waals surface area contributed by atoms with Gasteiger partial charge in [-0.2, -0.15) is 0 Å². The van der Waals surface area contributed by atoms with Gasteiger partial charge in [-0.15, -0.1) is 0 Å². The van der Waals surface area contributed by atoms with Gasteiger partial charge in [0.25, 0.3) is 5.91 Å². The lowest BCUT2D eigenvalue weighted by Gasteiger charge is -2.22. The minimum absolute atomic E-state index is 0.234. The lowest BCUT2D eigenvalue weighted by atomic mass is 10.1. The number of aryl methyl sites for hydroxylation is 2. The Hall–Kier alpha value is -3.21. The molecule has 5 nitrogen and oxygen atoms in total. The molecule has 1 aliphatic heterocycles. The SMILES string of the molecule is Cc1ccc(NC(=O)c2ccnc(N3c4ccccc4CC3C)n2)cc1C. The average molecular weight is 358 g/mol. The van der Waals surface area contributed by atoms with Crippen molar-refractivity contribution in [3.05, 3.63) is 77.1 Å². The summed E-state index contributed by atoms with van der Waals surface area (Å²) in [6.45, 7) is 6.22. The molecule has 3 aromatic rings. The number of hydrogen-bond acceptors (Lipinski definition) is 4. The second kappa shape index (κ2) is 6.83. The summed E-state index contributed by atoms with van der Waals surface area (Å²) < 4.78 is 0. The van der Waals surface area contributed by atoms with Gasteiger partial charge in [-0.1, -0.05) is 24.3 Å². The molecule has 0 radical (unpaired) electrons. The van der Waals surface area contributed by atoms with Gasteiger partial charge in [0.05, 0.1) is 0 Å². The summed E-state index contributed by atoms with van der Waals surface area (Å²) in [5.41, 5.74) is 5.84. The first-order valence-electron chi connectivity index (χ1n) is 9.12. The van der Waals surface area contributed by atoms with Gasteiger partial charge in [-0.3, -0.25) is 4.79 Å². The van der Waals surface area contributed by atoms with Crippen molar-refractivity contribution in [1.29, 1.82) is 0 Å². The molecule has 0 aliphatic carbocycles. The number of carbonyl (C=O) groups excluding carboxylic acids is 1. The van der Waals surface area contributed by atoms with E-state index in [1.807, 2.05) is 44.2 Å². The molecule has 136 valence electrons. The van der Waals surface area contributed by atoms with Gasteiger partial charge in [0.1, 0.15) is 5.69 Å². The van der Waals surface area contributed by atoms with Gasteiger partial charge < -0.3 is 10.2 Å². The molecule has 0 saturated carbocycles. The van der Waals surface area contributed by atoms with E-state index < -0.39 is 0 Å². The Morgan fingerprint density at radius 3 is 2.74 bits per heavy atom. The predicted octanol–water partition coefficient (Wildman–Crippen LogP) is 4.43. The highest BCUT2D eigenvalue weighted by Gasteiger charge is 2.29. The van der Waals surface area contributed by atoms with E-state index in [4.69, 9.17) is 0 Å². The quantitative estimate of drug-likeness (QED) is 0.752. The van der Waals surface area contributed by atoms with E-state index >= 15 is 0 Å². The Morgan fingerprint density at radius 2 is 1.93 bits per heavy atom. The molecule has 27 heavy (non-hydrogen) atoms. The van der Waals surface area contributed by atoms with Crippen LogP contribution in [0.5, 0.6) is 0 Å². The molecule has 1 aliphatic rings. The molecule has 4 rings (SSSR count). The number of hydrogen-bond donors (Lipinski definition) is 1. The zero-order chi connectivity index (χ0) is 19.0. The Balaban J connectivity index is 1.61. The molecule has 2 aromatic carbocycles. The molecule has 2 heterocycles. The van der Waals surface area contributed by atoms with Crippen LogP contribution in [-0.2, 0) is 6.42 Å². The largest absolute Gasteiger partial charge is 0.321 e. The van der Waals surface area contributed by atoms with Crippen LogP contribution in [0.15, 0.2) is 54.7 Å². The fourth-order valence-electron chi connectivity index (χ4n) is 3.48. The maximum absolute atomic E-state index is 12.7. The second-order valence-corrected chi connectivity index (χ2v) is 7.05. The van der Waals surface area contributed by atoms with Crippen LogP contribution >= 0.6 is 0 Å². The Labute approximate surface area is 159 Å². The number of rotatable bonds is 3. The van der Waals surface area contributed by atoms with Gasteiger partial charge in [0.2, 0.25) is 5.95 Å². The molecule has 1 aromatic heterocycles. The minimum Gasteiger partial charge on any atom is -0.321 e. The number of amides is 1. The highest BCUT2D eigenvalue weighted by atomic mass is 16.1. The molecule has 1 atom stereocenters. The smallest absolute Gasteiger partial charge is 0.274 e. The normalized spacial score (nSPS) is 15.5. The van der Waals surface area contributed by atoms with Crippen molar-refractivity contribution >= 4 is 23.2 Å². The third kappa shape index (κ3) is 3.28. The van der Waals surface area contributed by atoms with Gasteiger partial charge in [0.15, 0.2) is 0 Å². The minimum atomic E-state index is -0.234. The Morgan fingerprint density at radius 1 is 1.11 bits per heavy atom. The van der Waals surface area contributed by atoms with Crippen LogP contribution in [-0.4, -0.2) is 21.9 Å². The van der Waals surface area contributed by atoms with Crippen LogP contribution in [0.25, 0.3) is 0 Å². The van der Waals surface area contributed by atoms with Crippen LogP contribution in [0, 0.1) is 13.8 Å². The van der Waals surface area contributed by atoms with Crippen molar-refractivity contribution < 1.29 is 4.79 Å². The third-order valence-corrected chi connectivity index (χ3v) is 5.06. The summed E-state index contributed by atoms with van der Waals surface area (Å²) in [4.78, 5) is 23.7. The topological polar surface area (TPSA) is 58.1 Å². The first kappa shape index (κ1) is 17.2. The number of carbonyl (C=O) groups is 1. The molecule has 1 amide bonds. The maximum Gasteiger partial charge on any atom is 0.274 e. The fourth-order valence-corrected chi connectivity index (χ4v) is 3.48. The van der Waals surface area contributed by atoms with Crippen molar-refractivity contribution in [2.75, 3.05) is 10.2 Å². The van der Waals surface area contributed by atoms with Crippen molar-refractivity contribution in [3.8, 4) is 0 Å². The highest BCUT2D eigenvalue weighted by Crippen LogP contribution is 2.36. The second-order valence-electron chi connectivity index (χ2n) is 7.05. The van der Waals surface area contributed by atoms with Crippen molar-refractivity contribution in [1.82, 2.24) is 9.97 Å². The molecule has 5 heteroatoms. The van der Waals surface area contributed by atoms with E-state index in [9.17, 15) is 4.79 Å². The number of benzene rings is 2. The molecule has 1 unspecified atom stereocenters. The molecule has 0 saturated heterocycles. The zero-order valence-electron chi connectivity index (χ0n) is 15.7. The lowest BCUT2D eigenvalue weighted by molar-refractivity contribution is 0.102. The summed E-state index contributed by atoms with van der Waals surface area (Å²) in [7, 11) is 0. The summed E-state index contributed by atoms with van der Waals surface area (Å²) in [5.74, 6) is 0.322. The summed E-state index contributed by atoms with van der Waals surface area (Å²) in [6.07, 6.45) is 2.59. The Bertz CT molecular complexity index is 1010. The summed E-state index contributed by atoms with van der Waals surface area (Å²) >= 11 is 0. The third-order valence-electron chi connectivity index (χ3n) is 5.06. The van der Waals surface area contributed by atoms with E-state index in [1.165, 1.54) is 11.1 Å². The van der Waals surface area contributed by atoms with Crippen LogP contribution < -0.4 is 10.2 Å². The van der Waals surface area contributed by atoms with E-state index in [0.29, 0.717) is 11.6 Å². The van der Waals surface area contributed by atoms with Gasteiger partial charge in [-0.25, -0.2) is 9.97 Å². The number of anilines is 3. The standard InChI is InChI=1S/C22H22N4O/c1-14-8-9-18(12-15(14)2)24-21(27)19-10-11-23-22(25-19)26-16(3)13-17-6-4-5-7-20(17)26/h4-12,16H,13H2,1-3H3,(H,24,27). The van der Waals surface area contributed by atoms with E-state index in [1.54, 1.807) is 12.3 Å². The molecule has 0 bridgehead atoms. The lowest BCUT2D eigenvalue weighted by Crippen LogP contribution is -2.26. The van der Waals surface area contributed by atoms with Crippen LogP contribution in [0.4, 0.5) is 17.3 Å². The number of nitrogens with zero attached hydrogens (tertiary/aromatic N) is 3. The first-order chi connectivity index (χ1) is 13.0. The predicted molar refractivity (Wildman–Crippen MR) is 108 cm³/mol. The van der Waals surface area contributed by atoms with E-state index in [-0.39, 0.29) is 11.9 Å². The number of fused-ring (bicyclic) bond motifs is 1. The van der Waals surface area contributed by atoms with Gasteiger partial charge >= 0.3 is 0 Å². The van der Waals surface area contributed by atoms with Gasteiger partial charge in [0, 0.05) is 23.6 Å². The van der Waals surface area contributed by atoms with Crippen LogP contribution in [0.2, 0.25) is 0 Å². The Kier molecular flexibility index (Phi) is 4.36. The molecule has 0 fully saturated rings. The number of nitrogens with one attached hydrogen (secondary N) is 1. The highest BCUT2D eigenvalue weighted by molar-refractivity contribution is 6.03.